The maximum absolute atomic E-state index is 8.48. The number of rotatable bonds is 2. The molecular formula is C10H8N2. The van der Waals surface area contributed by atoms with Gasteiger partial charge in [-0.2, -0.15) is 10.5 Å². The summed E-state index contributed by atoms with van der Waals surface area (Å²) in [6.07, 6.45) is 0.774. The van der Waals surface area contributed by atoms with E-state index in [-0.39, 0.29) is 0 Å². The Labute approximate surface area is 71.7 Å². The molecule has 0 bridgehead atoms. The zero-order valence-corrected chi connectivity index (χ0v) is 6.62. The molecule has 0 fully saturated rings. The summed E-state index contributed by atoms with van der Waals surface area (Å²) < 4.78 is 0. The van der Waals surface area contributed by atoms with Gasteiger partial charge < -0.3 is 0 Å². The van der Waals surface area contributed by atoms with E-state index in [2.05, 4.69) is 12.1 Å². The summed E-state index contributed by atoms with van der Waals surface area (Å²) in [5, 5.41) is 17.0. The van der Waals surface area contributed by atoms with E-state index < -0.39 is 0 Å². The van der Waals surface area contributed by atoms with Crippen molar-refractivity contribution >= 4 is 0 Å². The molecule has 58 valence electrons. The van der Waals surface area contributed by atoms with Crippen LogP contribution in [0.25, 0.3) is 0 Å². The molecule has 0 amide bonds. The van der Waals surface area contributed by atoms with Gasteiger partial charge in [-0.25, -0.2) is 0 Å². The number of nitriles is 2. The molecule has 0 aliphatic heterocycles. The van der Waals surface area contributed by atoms with Crippen LogP contribution in [0.2, 0.25) is 0 Å². The summed E-state index contributed by atoms with van der Waals surface area (Å²) in [6.45, 7) is 0. The highest BCUT2D eigenvalue weighted by atomic mass is 14.2. The van der Waals surface area contributed by atoms with E-state index in [0.29, 0.717) is 12.8 Å². The number of hydrogen-bond acceptors (Lipinski definition) is 2. The largest absolute Gasteiger partial charge is 0.198 e. The van der Waals surface area contributed by atoms with Crippen LogP contribution >= 0.6 is 0 Å². The van der Waals surface area contributed by atoms with Gasteiger partial charge in [-0.1, -0.05) is 24.3 Å². The van der Waals surface area contributed by atoms with Gasteiger partial charge in [0.25, 0.3) is 0 Å². The average Bonchev–Trinajstić information content (AvgIpc) is 2.09. The minimum absolute atomic E-state index is 0.387. The normalized spacial score (nSPS) is 8.50. The maximum Gasteiger partial charge on any atom is 0.0669 e. The van der Waals surface area contributed by atoms with Crippen molar-refractivity contribution in [1.29, 1.82) is 10.5 Å². The monoisotopic (exact) mass is 156 g/mol. The molecule has 0 unspecified atom stereocenters. The summed E-state index contributed by atoms with van der Waals surface area (Å²) in [5.41, 5.74) is 1.92. The van der Waals surface area contributed by atoms with Crippen molar-refractivity contribution in [2.75, 3.05) is 0 Å². The molecule has 0 atom stereocenters. The molecule has 1 aromatic carbocycles. The smallest absolute Gasteiger partial charge is 0.0669 e. The molecule has 0 aliphatic rings. The van der Waals surface area contributed by atoms with Crippen molar-refractivity contribution in [2.45, 2.75) is 12.8 Å². The summed E-state index contributed by atoms with van der Waals surface area (Å²) in [6, 6.07) is 11.7. The molecule has 0 radical (unpaired) electrons. The zero-order valence-electron chi connectivity index (χ0n) is 6.62. The van der Waals surface area contributed by atoms with Gasteiger partial charge in [0, 0.05) is 0 Å². The summed E-state index contributed by atoms with van der Waals surface area (Å²) >= 11 is 0. The van der Waals surface area contributed by atoms with E-state index >= 15 is 0 Å². The van der Waals surface area contributed by atoms with Crippen LogP contribution in [-0.4, -0.2) is 0 Å². The van der Waals surface area contributed by atoms with Crippen molar-refractivity contribution in [3.63, 3.8) is 0 Å². The topological polar surface area (TPSA) is 47.6 Å². The van der Waals surface area contributed by atoms with E-state index in [1.807, 2.05) is 24.3 Å². The lowest BCUT2D eigenvalue weighted by atomic mass is 10.0. The van der Waals surface area contributed by atoms with Crippen LogP contribution in [0.4, 0.5) is 0 Å². The molecular weight excluding hydrogens is 148 g/mol. The molecule has 0 spiro atoms. The summed E-state index contributed by atoms with van der Waals surface area (Å²) in [5.74, 6) is 0. The van der Waals surface area contributed by atoms with Crippen LogP contribution in [0.5, 0.6) is 0 Å². The Bertz CT molecular complexity index is 307. The Kier molecular flexibility index (Phi) is 2.87. The maximum atomic E-state index is 8.48. The van der Waals surface area contributed by atoms with Gasteiger partial charge in [-0.15, -0.1) is 0 Å². The minimum Gasteiger partial charge on any atom is -0.198 e. The fourth-order valence-corrected chi connectivity index (χ4v) is 1.07. The fraction of sp³-hybridized carbons (Fsp3) is 0.200. The van der Waals surface area contributed by atoms with Crippen LogP contribution in [-0.2, 0) is 12.8 Å². The Morgan fingerprint density at radius 3 is 1.67 bits per heavy atom. The average molecular weight is 156 g/mol. The van der Waals surface area contributed by atoms with E-state index in [4.69, 9.17) is 10.5 Å². The lowest BCUT2D eigenvalue weighted by Crippen LogP contribution is -1.90. The van der Waals surface area contributed by atoms with Gasteiger partial charge in [0.1, 0.15) is 0 Å². The van der Waals surface area contributed by atoms with E-state index in [1.54, 1.807) is 0 Å². The first kappa shape index (κ1) is 8.30. The van der Waals surface area contributed by atoms with Gasteiger partial charge in [-0.05, 0) is 11.1 Å². The number of nitrogens with zero attached hydrogens (tertiary/aromatic N) is 2. The van der Waals surface area contributed by atoms with E-state index in [9.17, 15) is 0 Å². The second-order valence-electron chi connectivity index (χ2n) is 2.44. The zero-order chi connectivity index (χ0) is 8.81. The molecule has 12 heavy (non-hydrogen) atoms. The Morgan fingerprint density at radius 2 is 1.33 bits per heavy atom. The first-order valence-electron chi connectivity index (χ1n) is 3.69. The van der Waals surface area contributed by atoms with Gasteiger partial charge in [0.05, 0.1) is 25.0 Å². The Balaban J connectivity index is 2.95. The van der Waals surface area contributed by atoms with Crippen LogP contribution in [0.15, 0.2) is 24.3 Å². The first-order valence-corrected chi connectivity index (χ1v) is 3.69. The molecule has 0 saturated carbocycles. The molecule has 0 saturated heterocycles. The predicted molar refractivity (Wildman–Crippen MR) is 45.1 cm³/mol. The number of benzene rings is 1. The number of hydrogen-bond donors (Lipinski definition) is 0. The van der Waals surface area contributed by atoms with Crippen LogP contribution < -0.4 is 0 Å². The fourth-order valence-electron chi connectivity index (χ4n) is 1.07. The van der Waals surface area contributed by atoms with Crippen LogP contribution in [0.3, 0.4) is 0 Å². The Hall–Kier alpha value is -1.80. The van der Waals surface area contributed by atoms with Crippen molar-refractivity contribution in [3.8, 4) is 12.1 Å². The summed E-state index contributed by atoms with van der Waals surface area (Å²) in [7, 11) is 0. The second-order valence-corrected chi connectivity index (χ2v) is 2.44. The van der Waals surface area contributed by atoms with Crippen molar-refractivity contribution < 1.29 is 0 Å². The predicted octanol–water partition coefficient (Wildman–Crippen LogP) is 1.82. The van der Waals surface area contributed by atoms with E-state index in [0.717, 1.165) is 11.1 Å². The standard InChI is InChI=1S/C10H8N2/c11-7-5-9-3-1-2-4-10(9)6-8-12/h1-4H,5-6H2. The van der Waals surface area contributed by atoms with Crippen molar-refractivity contribution in [2.24, 2.45) is 0 Å². The van der Waals surface area contributed by atoms with E-state index in [1.165, 1.54) is 0 Å². The highest BCUT2D eigenvalue weighted by Crippen LogP contribution is 2.09. The van der Waals surface area contributed by atoms with Gasteiger partial charge in [0.2, 0.25) is 0 Å². The molecule has 0 N–H and O–H groups in total. The third-order valence-corrected chi connectivity index (χ3v) is 1.66. The SMILES string of the molecule is N#CCc1ccccc1CC#N. The highest BCUT2D eigenvalue weighted by molar-refractivity contribution is 5.31. The molecule has 1 aromatic rings. The third-order valence-electron chi connectivity index (χ3n) is 1.66. The molecule has 2 heteroatoms. The lowest BCUT2D eigenvalue weighted by Gasteiger charge is -2.00. The summed E-state index contributed by atoms with van der Waals surface area (Å²) in [4.78, 5) is 0. The minimum atomic E-state index is 0.387. The lowest BCUT2D eigenvalue weighted by molar-refractivity contribution is 1.15. The molecule has 0 aromatic heterocycles. The molecule has 0 aliphatic carbocycles. The van der Waals surface area contributed by atoms with Gasteiger partial charge in [-0.3, -0.25) is 0 Å². The van der Waals surface area contributed by atoms with Crippen molar-refractivity contribution in [1.82, 2.24) is 0 Å². The second kappa shape index (κ2) is 4.16. The van der Waals surface area contributed by atoms with Crippen LogP contribution in [0.1, 0.15) is 11.1 Å². The quantitative estimate of drug-likeness (QED) is 0.655. The van der Waals surface area contributed by atoms with Crippen LogP contribution in [0, 0.1) is 22.7 Å². The van der Waals surface area contributed by atoms with Crippen molar-refractivity contribution in [3.05, 3.63) is 35.4 Å². The van der Waals surface area contributed by atoms with Gasteiger partial charge >= 0.3 is 0 Å². The molecule has 2 nitrogen and oxygen atoms in total. The van der Waals surface area contributed by atoms with Gasteiger partial charge in [0.15, 0.2) is 0 Å². The Morgan fingerprint density at radius 1 is 0.917 bits per heavy atom. The third kappa shape index (κ3) is 1.84. The molecule has 0 heterocycles. The highest BCUT2D eigenvalue weighted by Gasteiger charge is 1.98. The molecule has 1 rings (SSSR count). The first-order chi connectivity index (χ1) is 5.88.